The monoisotopic (exact) mass is 472 g/mol. The van der Waals surface area contributed by atoms with Gasteiger partial charge in [0.1, 0.15) is 0 Å². The lowest BCUT2D eigenvalue weighted by Gasteiger charge is -2.73. The molecule has 4 heteroatoms. The average molecular weight is 473 g/mol. The fourth-order valence-electron chi connectivity index (χ4n) is 11.7. The first-order valence-electron chi connectivity index (χ1n) is 13.9. The lowest BCUT2D eigenvalue weighted by Crippen LogP contribution is -2.68. The molecule has 3 N–H and O–H groups in total. The summed E-state index contributed by atoms with van der Waals surface area (Å²) in [6, 6.07) is 0. The molecule has 0 saturated heterocycles. The smallest absolute Gasteiger partial charge is 0.309 e. The van der Waals surface area contributed by atoms with E-state index in [4.69, 9.17) is 0 Å². The van der Waals surface area contributed by atoms with Gasteiger partial charge in [0.25, 0.3) is 0 Å². The fraction of sp³-hybridized carbons (Fsp3) is 0.900. The van der Waals surface area contributed by atoms with E-state index in [0.29, 0.717) is 30.1 Å². The van der Waals surface area contributed by atoms with Gasteiger partial charge in [0, 0.05) is 0 Å². The predicted octanol–water partition coefficient (Wildman–Crippen LogP) is 6.06. The van der Waals surface area contributed by atoms with Crippen molar-refractivity contribution in [3.63, 3.8) is 0 Å². The highest BCUT2D eigenvalue weighted by atomic mass is 16.4. The molecule has 0 bridgehead atoms. The molecule has 5 aliphatic rings. The van der Waals surface area contributed by atoms with Gasteiger partial charge in [0.15, 0.2) is 0 Å². The van der Waals surface area contributed by atoms with E-state index >= 15 is 0 Å². The lowest BCUT2D eigenvalue weighted by molar-refractivity contribution is -0.263. The van der Waals surface area contributed by atoms with Gasteiger partial charge in [0.05, 0.1) is 17.6 Å². The van der Waals surface area contributed by atoms with E-state index in [1.165, 1.54) is 5.57 Å². The van der Waals surface area contributed by atoms with E-state index < -0.39 is 23.6 Å². The number of hydrogen-bond acceptors (Lipinski definition) is 3. The third-order valence-corrected chi connectivity index (χ3v) is 13.4. The minimum atomic E-state index is -0.669. The van der Waals surface area contributed by atoms with E-state index in [9.17, 15) is 20.1 Å². The van der Waals surface area contributed by atoms with Crippen LogP contribution in [0.5, 0.6) is 0 Å². The molecule has 0 aromatic carbocycles. The Bertz CT molecular complexity index is 894. The number of carboxylic acid groups (broad SMARTS) is 1. The first-order valence-corrected chi connectivity index (χ1v) is 13.9. The minimum absolute atomic E-state index is 0.00606. The molecule has 5 saturated carbocycles. The molecule has 34 heavy (non-hydrogen) atoms. The highest BCUT2D eigenvalue weighted by Crippen LogP contribution is 2.77. The summed E-state index contributed by atoms with van der Waals surface area (Å²) in [6.07, 6.45) is 7.32. The van der Waals surface area contributed by atoms with Gasteiger partial charge in [-0.3, -0.25) is 4.79 Å². The Morgan fingerprint density at radius 1 is 0.853 bits per heavy atom. The number of aliphatic hydroxyl groups excluding tert-OH is 2. The molecule has 0 spiro atoms. The Labute approximate surface area is 206 Å². The number of aliphatic hydroxyl groups is 2. The highest BCUT2D eigenvalue weighted by Gasteiger charge is 2.72. The minimum Gasteiger partial charge on any atom is -0.481 e. The molecule has 0 amide bonds. The highest BCUT2D eigenvalue weighted by molar-refractivity contribution is 5.76. The van der Waals surface area contributed by atoms with Crippen molar-refractivity contribution in [2.24, 2.45) is 56.7 Å². The van der Waals surface area contributed by atoms with Crippen LogP contribution in [0.15, 0.2) is 12.2 Å². The van der Waals surface area contributed by atoms with E-state index in [2.05, 4.69) is 48.1 Å². The molecule has 5 rings (SSSR count). The molecule has 0 aliphatic heterocycles. The number of carbonyl (C=O) groups is 1. The molecule has 0 aromatic rings. The topological polar surface area (TPSA) is 77.8 Å². The normalized spacial score (nSPS) is 55.9. The Morgan fingerprint density at radius 2 is 1.53 bits per heavy atom. The van der Waals surface area contributed by atoms with Crippen LogP contribution < -0.4 is 0 Å². The van der Waals surface area contributed by atoms with Crippen LogP contribution in [-0.4, -0.2) is 33.5 Å². The fourth-order valence-corrected chi connectivity index (χ4v) is 11.7. The number of carboxylic acids is 1. The van der Waals surface area contributed by atoms with Crippen molar-refractivity contribution in [2.45, 2.75) is 112 Å². The van der Waals surface area contributed by atoms with Crippen molar-refractivity contribution < 1.29 is 20.1 Å². The van der Waals surface area contributed by atoms with Gasteiger partial charge in [-0.25, -0.2) is 0 Å². The van der Waals surface area contributed by atoms with E-state index in [0.717, 1.165) is 51.4 Å². The molecular formula is C30H48O4. The maximum atomic E-state index is 12.8. The van der Waals surface area contributed by atoms with Gasteiger partial charge < -0.3 is 15.3 Å². The number of allylic oxidation sites excluding steroid dienone is 1. The third kappa shape index (κ3) is 2.76. The van der Waals surface area contributed by atoms with Crippen molar-refractivity contribution in [3.8, 4) is 0 Å². The van der Waals surface area contributed by atoms with Crippen LogP contribution >= 0.6 is 0 Å². The summed E-state index contributed by atoms with van der Waals surface area (Å²) in [5, 5.41) is 32.4. The van der Waals surface area contributed by atoms with Crippen LogP contribution in [0.1, 0.15) is 99.3 Å². The zero-order chi connectivity index (χ0) is 25.1. The summed E-state index contributed by atoms with van der Waals surface area (Å²) in [5.74, 6) is 1.24. The first-order chi connectivity index (χ1) is 15.7. The maximum absolute atomic E-state index is 12.8. The molecule has 0 radical (unpaired) electrons. The first kappa shape index (κ1) is 24.8. The summed E-state index contributed by atoms with van der Waals surface area (Å²) >= 11 is 0. The molecule has 192 valence electrons. The standard InChI is InChI=1S/C30H48O4/c1-17(2)18-10-13-30(25(33)34)15-14-28(6)19(23(18)30)8-9-22-27(5)16-20(31)24(32)26(3,4)21(27)11-12-29(22,28)7/h18-24,31-32H,1,8-16H2,2-7H3,(H,33,34)/t18-,19-,20+,21-,22+,23+,24-,27-,28-,29+,30-/m0/s1. The van der Waals surface area contributed by atoms with Gasteiger partial charge in [0.2, 0.25) is 0 Å². The summed E-state index contributed by atoms with van der Waals surface area (Å²) in [6.45, 7) is 18.2. The Balaban J connectivity index is 1.57. The van der Waals surface area contributed by atoms with Gasteiger partial charge in [-0.05, 0) is 116 Å². The maximum Gasteiger partial charge on any atom is 0.309 e. The molecular weight excluding hydrogens is 424 g/mol. The average Bonchev–Trinajstić information content (AvgIpc) is 3.14. The number of hydrogen-bond donors (Lipinski definition) is 3. The zero-order valence-electron chi connectivity index (χ0n) is 22.4. The molecule has 5 aliphatic carbocycles. The van der Waals surface area contributed by atoms with Crippen molar-refractivity contribution in [3.05, 3.63) is 12.2 Å². The van der Waals surface area contributed by atoms with Crippen molar-refractivity contribution >= 4 is 5.97 Å². The van der Waals surface area contributed by atoms with Crippen molar-refractivity contribution in [1.82, 2.24) is 0 Å². The largest absolute Gasteiger partial charge is 0.481 e. The van der Waals surface area contributed by atoms with E-state index in [-0.39, 0.29) is 27.6 Å². The zero-order valence-corrected chi connectivity index (χ0v) is 22.4. The molecule has 0 unspecified atom stereocenters. The van der Waals surface area contributed by atoms with Gasteiger partial charge >= 0.3 is 5.97 Å². The van der Waals surface area contributed by atoms with Gasteiger partial charge in [-0.15, -0.1) is 0 Å². The summed E-state index contributed by atoms with van der Waals surface area (Å²) < 4.78 is 0. The van der Waals surface area contributed by atoms with Crippen LogP contribution in [-0.2, 0) is 4.79 Å². The van der Waals surface area contributed by atoms with Crippen molar-refractivity contribution in [1.29, 1.82) is 0 Å². The molecule has 0 aromatic heterocycles. The van der Waals surface area contributed by atoms with Crippen LogP contribution in [0.25, 0.3) is 0 Å². The van der Waals surface area contributed by atoms with Gasteiger partial charge in [-0.1, -0.05) is 46.8 Å². The Kier molecular flexibility index (Phi) is 5.36. The molecule has 11 atom stereocenters. The van der Waals surface area contributed by atoms with Gasteiger partial charge in [-0.2, -0.15) is 0 Å². The second kappa shape index (κ2) is 7.34. The number of fused-ring (bicyclic) bond motifs is 7. The summed E-state index contributed by atoms with van der Waals surface area (Å²) in [4.78, 5) is 12.8. The Morgan fingerprint density at radius 3 is 2.15 bits per heavy atom. The van der Waals surface area contributed by atoms with E-state index in [1.807, 2.05) is 0 Å². The second-order valence-electron chi connectivity index (χ2n) is 14.7. The predicted molar refractivity (Wildman–Crippen MR) is 134 cm³/mol. The van der Waals surface area contributed by atoms with Crippen LogP contribution in [0.4, 0.5) is 0 Å². The summed E-state index contributed by atoms with van der Waals surface area (Å²) in [5.41, 5.74) is 0.501. The number of aliphatic carboxylic acids is 1. The molecule has 0 heterocycles. The van der Waals surface area contributed by atoms with Crippen molar-refractivity contribution in [2.75, 3.05) is 0 Å². The lowest BCUT2D eigenvalue weighted by atomic mass is 9.32. The third-order valence-electron chi connectivity index (χ3n) is 13.4. The second-order valence-corrected chi connectivity index (χ2v) is 14.7. The summed E-state index contributed by atoms with van der Waals surface area (Å²) in [7, 11) is 0. The van der Waals surface area contributed by atoms with Crippen LogP contribution in [0, 0.1) is 56.7 Å². The van der Waals surface area contributed by atoms with Crippen LogP contribution in [0.3, 0.4) is 0 Å². The SMILES string of the molecule is C=C(C)[C@@H]1CC[C@]2(C(=O)O)CC[C@@]3(C)[C@@H](CC[C@@H]4[C@@]5(C)C[C@@H](O)[C@H](O)C(C)(C)[C@@H]5CC[C@]43C)[C@@H]12. The van der Waals surface area contributed by atoms with Crippen LogP contribution in [0.2, 0.25) is 0 Å². The Hall–Kier alpha value is -0.870. The number of rotatable bonds is 2. The molecule has 5 fully saturated rings. The quantitative estimate of drug-likeness (QED) is 0.427. The van der Waals surface area contributed by atoms with E-state index in [1.54, 1.807) is 0 Å². The molecule has 4 nitrogen and oxygen atoms in total.